The number of hydrogen-bond donors (Lipinski definition) is 2. The standard InChI is InChI=1S/C16H23NO4/c1-3-16(2,7-8-18)17-15(19)12-5-6-13-14(11-12)21-10-4-9-20-13/h5-6,11,18H,3-4,7-10H2,1-2H3,(H,17,19). The third-order valence-corrected chi connectivity index (χ3v) is 3.87. The zero-order valence-corrected chi connectivity index (χ0v) is 12.6. The first-order valence-corrected chi connectivity index (χ1v) is 7.41. The van der Waals surface area contributed by atoms with Gasteiger partial charge in [-0.25, -0.2) is 0 Å². The van der Waals surface area contributed by atoms with Crippen molar-refractivity contribution in [3.8, 4) is 11.5 Å². The fraction of sp³-hybridized carbons (Fsp3) is 0.562. The minimum atomic E-state index is -0.407. The zero-order valence-electron chi connectivity index (χ0n) is 12.6. The molecule has 2 N–H and O–H groups in total. The van der Waals surface area contributed by atoms with Gasteiger partial charge in [0.15, 0.2) is 11.5 Å². The molecule has 1 aliphatic heterocycles. The van der Waals surface area contributed by atoms with Crippen LogP contribution in [0.5, 0.6) is 11.5 Å². The molecule has 1 aliphatic rings. The average Bonchev–Trinajstić information content (AvgIpc) is 2.71. The van der Waals surface area contributed by atoms with Crippen LogP contribution >= 0.6 is 0 Å². The first-order chi connectivity index (χ1) is 10.1. The number of ether oxygens (including phenoxy) is 2. The molecular formula is C16H23NO4. The van der Waals surface area contributed by atoms with Gasteiger partial charge in [0.1, 0.15) is 0 Å². The van der Waals surface area contributed by atoms with Crippen LogP contribution in [-0.2, 0) is 0 Å². The van der Waals surface area contributed by atoms with Crippen LogP contribution in [0.2, 0.25) is 0 Å². The topological polar surface area (TPSA) is 67.8 Å². The minimum Gasteiger partial charge on any atom is -0.490 e. The summed E-state index contributed by atoms with van der Waals surface area (Å²) in [6.07, 6.45) is 2.12. The molecule has 5 nitrogen and oxygen atoms in total. The van der Waals surface area contributed by atoms with Crippen LogP contribution in [0.25, 0.3) is 0 Å². The Morgan fingerprint density at radius 3 is 2.71 bits per heavy atom. The molecular weight excluding hydrogens is 270 g/mol. The van der Waals surface area contributed by atoms with Crippen molar-refractivity contribution in [2.75, 3.05) is 19.8 Å². The van der Waals surface area contributed by atoms with Gasteiger partial charge >= 0.3 is 0 Å². The fourth-order valence-electron chi connectivity index (χ4n) is 2.23. The van der Waals surface area contributed by atoms with Crippen molar-refractivity contribution in [1.82, 2.24) is 5.32 Å². The highest BCUT2D eigenvalue weighted by Crippen LogP contribution is 2.30. The summed E-state index contributed by atoms with van der Waals surface area (Å²) in [5.74, 6) is 1.13. The molecule has 0 fully saturated rings. The van der Waals surface area contributed by atoms with Gasteiger partial charge in [-0.05, 0) is 38.0 Å². The van der Waals surface area contributed by atoms with E-state index < -0.39 is 5.54 Å². The molecule has 0 saturated carbocycles. The van der Waals surface area contributed by atoms with Gasteiger partial charge in [0.2, 0.25) is 0 Å². The number of amides is 1. The van der Waals surface area contributed by atoms with Crippen LogP contribution in [0.4, 0.5) is 0 Å². The monoisotopic (exact) mass is 293 g/mol. The number of aliphatic hydroxyl groups is 1. The number of hydrogen-bond acceptors (Lipinski definition) is 4. The second-order valence-corrected chi connectivity index (χ2v) is 5.55. The van der Waals surface area contributed by atoms with Gasteiger partial charge in [0.05, 0.1) is 13.2 Å². The number of aliphatic hydroxyl groups excluding tert-OH is 1. The molecule has 1 unspecified atom stereocenters. The van der Waals surface area contributed by atoms with Crippen LogP contribution in [0.3, 0.4) is 0 Å². The second-order valence-electron chi connectivity index (χ2n) is 5.55. The molecule has 0 spiro atoms. The van der Waals surface area contributed by atoms with Gasteiger partial charge in [-0.2, -0.15) is 0 Å². The van der Waals surface area contributed by atoms with Crippen LogP contribution < -0.4 is 14.8 Å². The van der Waals surface area contributed by atoms with E-state index in [9.17, 15) is 4.79 Å². The van der Waals surface area contributed by atoms with Crippen molar-refractivity contribution in [2.45, 2.75) is 38.6 Å². The summed E-state index contributed by atoms with van der Waals surface area (Å²) in [6, 6.07) is 5.22. The van der Waals surface area contributed by atoms with E-state index in [0.29, 0.717) is 36.7 Å². The predicted molar refractivity (Wildman–Crippen MR) is 79.9 cm³/mol. The quantitative estimate of drug-likeness (QED) is 0.872. The first-order valence-electron chi connectivity index (χ1n) is 7.41. The van der Waals surface area contributed by atoms with Crippen molar-refractivity contribution in [2.24, 2.45) is 0 Å². The van der Waals surface area contributed by atoms with Gasteiger partial charge < -0.3 is 19.9 Å². The lowest BCUT2D eigenvalue weighted by Crippen LogP contribution is -2.46. The van der Waals surface area contributed by atoms with Gasteiger partial charge in [0.25, 0.3) is 5.91 Å². The Hall–Kier alpha value is -1.75. The van der Waals surface area contributed by atoms with E-state index >= 15 is 0 Å². The molecule has 0 aromatic heterocycles. The first kappa shape index (κ1) is 15.6. The van der Waals surface area contributed by atoms with Crippen molar-refractivity contribution in [3.63, 3.8) is 0 Å². The molecule has 1 amide bonds. The van der Waals surface area contributed by atoms with E-state index in [1.807, 2.05) is 13.8 Å². The molecule has 116 valence electrons. The second kappa shape index (κ2) is 6.80. The lowest BCUT2D eigenvalue weighted by Gasteiger charge is -2.29. The van der Waals surface area contributed by atoms with E-state index in [0.717, 1.165) is 12.8 Å². The third-order valence-electron chi connectivity index (χ3n) is 3.87. The number of nitrogens with one attached hydrogen (secondary N) is 1. The Kier molecular flexibility index (Phi) is 5.07. The third kappa shape index (κ3) is 3.88. The fourth-order valence-corrected chi connectivity index (χ4v) is 2.23. The van der Waals surface area contributed by atoms with Crippen LogP contribution in [0, 0.1) is 0 Å². The maximum absolute atomic E-state index is 12.4. The van der Waals surface area contributed by atoms with E-state index in [1.54, 1.807) is 18.2 Å². The molecule has 1 atom stereocenters. The highest BCUT2D eigenvalue weighted by molar-refractivity contribution is 5.95. The minimum absolute atomic E-state index is 0.0474. The van der Waals surface area contributed by atoms with Crippen LogP contribution in [0.15, 0.2) is 18.2 Å². The Balaban J connectivity index is 2.14. The summed E-state index contributed by atoms with van der Waals surface area (Å²) >= 11 is 0. The number of fused-ring (bicyclic) bond motifs is 1. The molecule has 0 aliphatic carbocycles. The summed E-state index contributed by atoms with van der Waals surface area (Å²) in [7, 11) is 0. The molecule has 1 heterocycles. The summed E-state index contributed by atoms with van der Waals surface area (Å²) in [5, 5.41) is 12.1. The highest BCUT2D eigenvalue weighted by atomic mass is 16.5. The van der Waals surface area contributed by atoms with E-state index in [-0.39, 0.29) is 12.5 Å². The molecule has 0 saturated heterocycles. The van der Waals surface area contributed by atoms with Crippen molar-refractivity contribution >= 4 is 5.91 Å². The van der Waals surface area contributed by atoms with Crippen LogP contribution in [-0.4, -0.2) is 36.4 Å². The number of benzene rings is 1. The van der Waals surface area contributed by atoms with Crippen molar-refractivity contribution < 1.29 is 19.4 Å². The largest absolute Gasteiger partial charge is 0.490 e. The van der Waals surface area contributed by atoms with Gasteiger partial charge in [-0.3, -0.25) is 4.79 Å². The summed E-state index contributed by atoms with van der Waals surface area (Å²) in [6.45, 7) is 5.19. The Morgan fingerprint density at radius 2 is 2.05 bits per heavy atom. The summed E-state index contributed by atoms with van der Waals surface area (Å²) in [5.41, 5.74) is 0.132. The van der Waals surface area contributed by atoms with E-state index in [4.69, 9.17) is 14.6 Å². The number of rotatable bonds is 5. The lowest BCUT2D eigenvalue weighted by atomic mass is 9.94. The number of carbonyl (C=O) groups excluding carboxylic acids is 1. The zero-order chi connectivity index (χ0) is 15.3. The molecule has 0 radical (unpaired) electrons. The Labute approximate surface area is 125 Å². The average molecular weight is 293 g/mol. The maximum Gasteiger partial charge on any atom is 0.251 e. The Bertz CT molecular complexity index is 503. The van der Waals surface area contributed by atoms with E-state index in [1.165, 1.54) is 0 Å². The Morgan fingerprint density at radius 1 is 1.33 bits per heavy atom. The molecule has 2 rings (SSSR count). The van der Waals surface area contributed by atoms with Gasteiger partial charge in [-0.15, -0.1) is 0 Å². The van der Waals surface area contributed by atoms with Gasteiger partial charge in [0, 0.05) is 24.1 Å². The molecule has 5 heteroatoms. The molecule has 1 aromatic carbocycles. The summed E-state index contributed by atoms with van der Waals surface area (Å²) in [4.78, 5) is 12.4. The highest BCUT2D eigenvalue weighted by Gasteiger charge is 2.25. The maximum atomic E-state index is 12.4. The van der Waals surface area contributed by atoms with Gasteiger partial charge in [-0.1, -0.05) is 6.92 Å². The smallest absolute Gasteiger partial charge is 0.251 e. The van der Waals surface area contributed by atoms with Crippen LogP contribution in [0.1, 0.15) is 43.5 Å². The van der Waals surface area contributed by atoms with Crippen molar-refractivity contribution in [1.29, 1.82) is 0 Å². The SMILES string of the molecule is CCC(C)(CCO)NC(=O)c1ccc2c(c1)OCCCO2. The van der Waals surface area contributed by atoms with Crippen molar-refractivity contribution in [3.05, 3.63) is 23.8 Å². The van der Waals surface area contributed by atoms with E-state index in [2.05, 4.69) is 5.32 Å². The number of carbonyl (C=O) groups is 1. The molecule has 21 heavy (non-hydrogen) atoms. The predicted octanol–water partition coefficient (Wildman–Crippen LogP) is 2.13. The molecule has 0 bridgehead atoms. The lowest BCUT2D eigenvalue weighted by molar-refractivity contribution is 0.0885. The summed E-state index contributed by atoms with van der Waals surface area (Å²) < 4.78 is 11.2. The molecule has 1 aromatic rings. The normalized spacial score (nSPS) is 16.7.